The maximum Gasteiger partial charge on any atom is 0.201 e. The maximum atomic E-state index is 12.9. The van der Waals surface area contributed by atoms with Crippen LogP contribution >= 0.6 is 15.9 Å². The van der Waals surface area contributed by atoms with Gasteiger partial charge in [-0.25, -0.2) is 0 Å². The predicted octanol–water partition coefficient (Wildman–Crippen LogP) is 4.87. The first-order chi connectivity index (χ1) is 11.2. The molecule has 2 aromatic rings. The lowest BCUT2D eigenvalue weighted by Gasteiger charge is -2.23. The molecule has 0 heterocycles. The van der Waals surface area contributed by atoms with E-state index in [1.54, 1.807) is 42.5 Å². The Hall–Kier alpha value is -2.20. The highest BCUT2D eigenvalue weighted by atomic mass is 79.9. The van der Waals surface area contributed by atoms with Crippen LogP contribution in [0.3, 0.4) is 0 Å². The molecule has 1 aliphatic rings. The summed E-state index contributed by atoms with van der Waals surface area (Å²) in [7, 11) is 0. The molecule has 0 aliphatic heterocycles. The summed E-state index contributed by atoms with van der Waals surface area (Å²) in [4.78, 5) is 25.5. The van der Waals surface area contributed by atoms with Gasteiger partial charge in [-0.3, -0.25) is 9.59 Å². The van der Waals surface area contributed by atoms with E-state index in [9.17, 15) is 14.7 Å². The van der Waals surface area contributed by atoms with Crippen LogP contribution in [0.4, 0.5) is 0 Å². The largest absolute Gasteiger partial charge is 0.508 e. The van der Waals surface area contributed by atoms with E-state index in [0.717, 1.165) is 5.56 Å². The second kappa shape index (κ2) is 5.71. The Morgan fingerprint density at radius 2 is 1.50 bits per heavy atom. The number of phenols is 1. The third-order valence-corrected chi connectivity index (χ3v) is 4.91. The Balaban J connectivity index is 2.22. The van der Waals surface area contributed by atoms with Gasteiger partial charge in [0.2, 0.25) is 5.78 Å². The number of aromatic hydroxyl groups is 1. The molecule has 4 heteroatoms. The Bertz CT molecular complexity index is 901. The minimum atomic E-state index is -0.285. The summed E-state index contributed by atoms with van der Waals surface area (Å²) >= 11 is 3.31. The Morgan fingerprint density at radius 1 is 0.917 bits per heavy atom. The average Bonchev–Trinajstić information content (AvgIpc) is 2.53. The molecule has 24 heavy (non-hydrogen) atoms. The predicted molar refractivity (Wildman–Crippen MR) is 97.8 cm³/mol. The monoisotopic (exact) mass is 384 g/mol. The lowest BCUT2D eigenvalue weighted by atomic mass is 9.82. The van der Waals surface area contributed by atoms with E-state index in [-0.39, 0.29) is 27.2 Å². The number of benzene rings is 2. The molecule has 3 rings (SSSR count). The van der Waals surface area contributed by atoms with Crippen molar-refractivity contribution in [3.8, 4) is 5.75 Å². The van der Waals surface area contributed by atoms with Gasteiger partial charge >= 0.3 is 0 Å². The minimum Gasteiger partial charge on any atom is -0.508 e. The SMILES string of the molecule is CC(C)(C)c1cc(C2=C(Br)C(=O)c3ccccc3C2=O)ccc1O. The standard InChI is InChI=1S/C20H17BrO3/c1-20(2,3)14-10-11(8-9-15(14)22)16-17(21)19(24)13-7-5-4-6-12(13)18(16)23/h4-10,22H,1-3H3. The van der Waals surface area contributed by atoms with Gasteiger partial charge in [-0.2, -0.15) is 0 Å². The van der Waals surface area contributed by atoms with Crippen LogP contribution in [0.2, 0.25) is 0 Å². The van der Waals surface area contributed by atoms with E-state index in [1.165, 1.54) is 0 Å². The van der Waals surface area contributed by atoms with Crippen LogP contribution in [-0.2, 0) is 5.41 Å². The molecule has 0 saturated carbocycles. The smallest absolute Gasteiger partial charge is 0.201 e. The fourth-order valence-electron chi connectivity index (χ4n) is 2.90. The molecule has 122 valence electrons. The molecular formula is C20H17BrO3. The van der Waals surface area contributed by atoms with E-state index >= 15 is 0 Å². The second-order valence-electron chi connectivity index (χ2n) is 6.87. The van der Waals surface area contributed by atoms with Gasteiger partial charge in [0.05, 0.1) is 4.48 Å². The van der Waals surface area contributed by atoms with Gasteiger partial charge in [-0.15, -0.1) is 0 Å². The van der Waals surface area contributed by atoms with Gasteiger partial charge in [0.25, 0.3) is 0 Å². The quantitative estimate of drug-likeness (QED) is 0.762. The molecule has 0 saturated heterocycles. The highest BCUT2D eigenvalue weighted by Gasteiger charge is 2.32. The third-order valence-electron chi connectivity index (χ3n) is 4.16. The van der Waals surface area contributed by atoms with Crippen molar-refractivity contribution < 1.29 is 14.7 Å². The van der Waals surface area contributed by atoms with E-state index in [4.69, 9.17) is 0 Å². The molecular weight excluding hydrogens is 368 g/mol. The molecule has 0 fully saturated rings. The van der Waals surface area contributed by atoms with Crippen molar-refractivity contribution in [3.05, 3.63) is 69.2 Å². The Morgan fingerprint density at radius 3 is 2.08 bits per heavy atom. The van der Waals surface area contributed by atoms with Crippen molar-refractivity contribution in [2.24, 2.45) is 0 Å². The van der Waals surface area contributed by atoms with Crippen LogP contribution in [0.5, 0.6) is 5.75 Å². The van der Waals surface area contributed by atoms with Gasteiger partial charge in [0.15, 0.2) is 5.78 Å². The van der Waals surface area contributed by atoms with Crippen molar-refractivity contribution in [3.63, 3.8) is 0 Å². The summed E-state index contributed by atoms with van der Waals surface area (Å²) in [5, 5.41) is 10.1. The Labute approximate surface area is 149 Å². The number of carbonyl (C=O) groups excluding carboxylic acids is 2. The number of halogens is 1. The van der Waals surface area contributed by atoms with Gasteiger partial charge in [0, 0.05) is 16.7 Å². The van der Waals surface area contributed by atoms with Gasteiger partial charge in [-0.05, 0) is 44.6 Å². The van der Waals surface area contributed by atoms with Gasteiger partial charge in [0.1, 0.15) is 5.75 Å². The topological polar surface area (TPSA) is 54.4 Å². The van der Waals surface area contributed by atoms with Crippen LogP contribution in [0, 0.1) is 0 Å². The number of phenolic OH excluding ortho intramolecular Hbond substituents is 1. The van der Waals surface area contributed by atoms with Crippen LogP contribution < -0.4 is 0 Å². The maximum absolute atomic E-state index is 12.9. The first-order valence-corrected chi connectivity index (χ1v) is 8.43. The molecule has 1 aliphatic carbocycles. The molecule has 0 spiro atoms. The summed E-state index contributed by atoms with van der Waals surface area (Å²) in [6.07, 6.45) is 0. The van der Waals surface area contributed by atoms with Gasteiger partial charge in [-0.1, -0.05) is 51.1 Å². The lowest BCUT2D eigenvalue weighted by Crippen LogP contribution is -2.19. The number of allylic oxidation sites excluding steroid dienone is 2. The van der Waals surface area contributed by atoms with Crippen LogP contribution in [0.15, 0.2) is 46.9 Å². The molecule has 1 N–H and O–H groups in total. The van der Waals surface area contributed by atoms with Crippen molar-refractivity contribution in [1.29, 1.82) is 0 Å². The van der Waals surface area contributed by atoms with Crippen LogP contribution in [0.25, 0.3) is 5.57 Å². The van der Waals surface area contributed by atoms with Crippen molar-refractivity contribution in [2.75, 3.05) is 0 Å². The number of rotatable bonds is 1. The van der Waals surface area contributed by atoms with Crippen molar-refractivity contribution in [2.45, 2.75) is 26.2 Å². The lowest BCUT2D eigenvalue weighted by molar-refractivity contribution is 0.0999. The highest BCUT2D eigenvalue weighted by molar-refractivity contribution is 9.12. The summed E-state index contributed by atoms with van der Waals surface area (Å²) in [5.41, 5.74) is 2.22. The van der Waals surface area contributed by atoms with Crippen molar-refractivity contribution >= 4 is 33.1 Å². The zero-order valence-corrected chi connectivity index (χ0v) is 15.3. The zero-order valence-electron chi connectivity index (χ0n) is 13.7. The molecule has 3 nitrogen and oxygen atoms in total. The van der Waals surface area contributed by atoms with Gasteiger partial charge < -0.3 is 5.11 Å². The average molecular weight is 385 g/mol. The first-order valence-electron chi connectivity index (χ1n) is 7.64. The second-order valence-corrected chi connectivity index (χ2v) is 7.67. The molecule has 0 radical (unpaired) electrons. The number of ketones is 2. The van der Waals surface area contributed by atoms with Crippen molar-refractivity contribution in [1.82, 2.24) is 0 Å². The summed E-state index contributed by atoms with van der Waals surface area (Å²) < 4.78 is 0.261. The number of hydrogen-bond donors (Lipinski definition) is 1. The third kappa shape index (κ3) is 2.61. The van der Waals surface area contributed by atoms with Crippen LogP contribution in [-0.4, -0.2) is 16.7 Å². The van der Waals surface area contributed by atoms with E-state index in [1.807, 2.05) is 20.8 Å². The van der Waals surface area contributed by atoms with E-state index in [0.29, 0.717) is 22.3 Å². The highest BCUT2D eigenvalue weighted by Crippen LogP contribution is 2.38. The summed E-state index contributed by atoms with van der Waals surface area (Å²) in [6, 6.07) is 11.8. The summed E-state index contributed by atoms with van der Waals surface area (Å²) in [6.45, 7) is 5.95. The zero-order chi connectivity index (χ0) is 17.6. The minimum absolute atomic E-state index is 0.179. The first kappa shape index (κ1) is 16.7. The molecule has 0 bridgehead atoms. The van der Waals surface area contributed by atoms with E-state index in [2.05, 4.69) is 15.9 Å². The molecule has 0 unspecified atom stereocenters. The normalized spacial score (nSPS) is 14.8. The molecule has 2 aromatic carbocycles. The Kier molecular flexibility index (Phi) is 3.96. The fourth-order valence-corrected chi connectivity index (χ4v) is 3.52. The number of carbonyl (C=O) groups is 2. The summed E-state index contributed by atoms with van der Waals surface area (Å²) in [5.74, 6) is -0.217. The number of hydrogen-bond acceptors (Lipinski definition) is 3. The fraction of sp³-hybridized carbons (Fsp3) is 0.200. The van der Waals surface area contributed by atoms with E-state index < -0.39 is 0 Å². The molecule has 0 atom stereocenters. The number of fused-ring (bicyclic) bond motifs is 1. The molecule has 0 amide bonds. The molecule has 0 aromatic heterocycles. The van der Waals surface area contributed by atoms with Crippen LogP contribution in [0.1, 0.15) is 52.6 Å². The number of Topliss-reactive ketones (excluding diaryl/α,β-unsaturated/α-hetero) is 2.